The third-order valence-corrected chi connectivity index (χ3v) is 3.02. The molecule has 88 valence electrons. The van der Waals surface area contributed by atoms with Crippen LogP contribution in [0, 0.1) is 5.82 Å². The summed E-state index contributed by atoms with van der Waals surface area (Å²) in [5.74, 6) is -1.28. The molecule has 0 atom stereocenters. The maximum absolute atomic E-state index is 13.0. The van der Waals surface area contributed by atoms with Gasteiger partial charge >= 0.3 is 5.97 Å². The monoisotopic (exact) mass is 297 g/mol. The molecule has 5 heteroatoms. The van der Waals surface area contributed by atoms with Crippen LogP contribution in [0.5, 0.6) is 0 Å². The van der Waals surface area contributed by atoms with E-state index >= 15 is 0 Å². The van der Waals surface area contributed by atoms with E-state index in [1.165, 1.54) is 24.4 Å². The van der Waals surface area contributed by atoms with Crippen molar-refractivity contribution in [1.82, 2.24) is 4.57 Å². The topological polar surface area (TPSA) is 42.2 Å². The van der Waals surface area contributed by atoms with Gasteiger partial charge in [0.15, 0.2) is 0 Å². The molecule has 0 unspecified atom stereocenters. The van der Waals surface area contributed by atoms with Gasteiger partial charge in [0.05, 0.1) is 10.2 Å². The first kappa shape index (κ1) is 11.9. The average molecular weight is 298 g/mol. The molecule has 0 saturated carbocycles. The van der Waals surface area contributed by atoms with Crippen LogP contribution in [0.25, 0.3) is 0 Å². The second-order valence-electron chi connectivity index (χ2n) is 3.61. The van der Waals surface area contributed by atoms with Crippen LogP contribution in [-0.2, 0) is 6.54 Å². The minimum Gasteiger partial charge on any atom is -0.478 e. The van der Waals surface area contributed by atoms with E-state index in [1.54, 1.807) is 16.7 Å². The van der Waals surface area contributed by atoms with Crippen LogP contribution in [0.3, 0.4) is 0 Å². The van der Waals surface area contributed by atoms with Crippen LogP contribution in [0.4, 0.5) is 4.39 Å². The van der Waals surface area contributed by atoms with Gasteiger partial charge in [-0.1, -0.05) is 12.1 Å². The Bertz CT molecular complexity index is 565. The fraction of sp³-hybridized carbons (Fsp3) is 0.0833. The van der Waals surface area contributed by atoms with E-state index < -0.39 is 5.97 Å². The molecule has 0 bridgehead atoms. The van der Waals surface area contributed by atoms with Crippen LogP contribution >= 0.6 is 15.9 Å². The smallest absolute Gasteiger partial charge is 0.337 e. The highest BCUT2D eigenvalue weighted by Crippen LogP contribution is 2.17. The summed E-state index contributed by atoms with van der Waals surface area (Å²) in [6.45, 7) is 0.422. The van der Waals surface area contributed by atoms with Crippen LogP contribution < -0.4 is 0 Å². The molecule has 0 radical (unpaired) electrons. The number of hydrogen-bond donors (Lipinski definition) is 1. The molecule has 17 heavy (non-hydrogen) atoms. The van der Waals surface area contributed by atoms with Gasteiger partial charge < -0.3 is 9.67 Å². The van der Waals surface area contributed by atoms with Crippen molar-refractivity contribution in [2.45, 2.75) is 6.54 Å². The summed E-state index contributed by atoms with van der Waals surface area (Å²) < 4.78 is 15.3. The quantitative estimate of drug-likeness (QED) is 0.946. The standard InChI is InChI=1S/C12H9BrFNO2/c13-11-5-9(12(16)17)7-15(11)6-8-2-1-3-10(14)4-8/h1-5,7H,6H2,(H,16,17). The Morgan fingerprint density at radius 3 is 2.76 bits per heavy atom. The van der Waals surface area contributed by atoms with Gasteiger partial charge in [-0.15, -0.1) is 0 Å². The zero-order chi connectivity index (χ0) is 12.4. The second-order valence-corrected chi connectivity index (χ2v) is 4.43. The highest BCUT2D eigenvalue weighted by atomic mass is 79.9. The number of nitrogens with zero attached hydrogens (tertiary/aromatic N) is 1. The summed E-state index contributed by atoms with van der Waals surface area (Å²) >= 11 is 3.27. The molecule has 3 nitrogen and oxygen atoms in total. The molecule has 1 aromatic heterocycles. The first-order valence-electron chi connectivity index (χ1n) is 4.89. The molecule has 0 saturated heterocycles. The number of aromatic carboxylic acids is 1. The summed E-state index contributed by atoms with van der Waals surface area (Å²) in [5, 5.41) is 8.84. The summed E-state index contributed by atoms with van der Waals surface area (Å²) in [6.07, 6.45) is 1.51. The van der Waals surface area contributed by atoms with Crippen molar-refractivity contribution < 1.29 is 14.3 Å². The molecular formula is C12H9BrFNO2. The Morgan fingerprint density at radius 2 is 2.18 bits per heavy atom. The number of aromatic nitrogens is 1. The Hall–Kier alpha value is -1.62. The minimum atomic E-state index is -0.983. The maximum atomic E-state index is 13.0. The highest BCUT2D eigenvalue weighted by molar-refractivity contribution is 9.10. The van der Waals surface area contributed by atoms with Crippen molar-refractivity contribution in [1.29, 1.82) is 0 Å². The largest absolute Gasteiger partial charge is 0.478 e. The van der Waals surface area contributed by atoms with E-state index in [-0.39, 0.29) is 11.4 Å². The van der Waals surface area contributed by atoms with Gasteiger partial charge in [-0.3, -0.25) is 0 Å². The molecule has 0 aliphatic carbocycles. The molecule has 0 aliphatic rings. The third-order valence-electron chi connectivity index (χ3n) is 2.33. The van der Waals surface area contributed by atoms with Crippen molar-refractivity contribution in [2.75, 3.05) is 0 Å². The Morgan fingerprint density at radius 1 is 1.41 bits per heavy atom. The van der Waals surface area contributed by atoms with Crippen LogP contribution in [0.1, 0.15) is 15.9 Å². The molecule has 0 aliphatic heterocycles. The highest BCUT2D eigenvalue weighted by Gasteiger charge is 2.09. The first-order valence-corrected chi connectivity index (χ1v) is 5.69. The van der Waals surface area contributed by atoms with Crippen molar-refractivity contribution in [2.24, 2.45) is 0 Å². The molecule has 0 fully saturated rings. The Balaban J connectivity index is 2.27. The molecule has 1 N–H and O–H groups in total. The second kappa shape index (κ2) is 4.71. The van der Waals surface area contributed by atoms with Crippen LogP contribution in [-0.4, -0.2) is 15.6 Å². The van der Waals surface area contributed by atoms with E-state index in [1.807, 2.05) is 0 Å². The van der Waals surface area contributed by atoms with E-state index in [4.69, 9.17) is 5.11 Å². The number of carbonyl (C=O) groups is 1. The average Bonchev–Trinajstić information content (AvgIpc) is 2.61. The number of hydrogen-bond acceptors (Lipinski definition) is 1. The minimum absolute atomic E-state index is 0.202. The molecule has 0 amide bonds. The van der Waals surface area contributed by atoms with Gasteiger partial charge in [0.25, 0.3) is 0 Å². The van der Waals surface area contributed by atoms with Crippen molar-refractivity contribution in [3.63, 3.8) is 0 Å². The fourth-order valence-corrected chi connectivity index (χ4v) is 2.02. The van der Waals surface area contributed by atoms with Gasteiger partial charge in [0.1, 0.15) is 5.82 Å². The van der Waals surface area contributed by atoms with E-state index in [9.17, 15) is 9.18 Å². The molecular weight excluding hydrogens is 289 g/mol. The first-order chi connectivity index (χ1) is 8.06. The van der Waals surface area contributed by atoms with Crippen LogP contribution in [0.2, 0.25) is 0 Å². The summed E-state index contributed by atoms with van der Waals surface area (Å²) in [7, 11) is 0. The lowest BCUT2D eigenvalue weighted by molar-refractivity contribution is 0.0697. The molecule has 2 rings (SSSR count). The Labute approximate surface area is 106 Å². The third kappa shape index (κ3) is 2.74. The van der Waals surface area contributed by atoms with Crippen molar-refractivity contribution in [3.8, 4) is 0 Å². The zero-order valence-electron chi connectivity index (χ0n) is 8.73. The molecule has 1 heterocycles. The Kier molecular flexibility index (Phi) is 3.28. The number of rotatable bonds is 3. The normalized spacial score (nSPS) is 10.5. The van der Waals surface area contributed by atoms with E-state index in [2.05, 4.69) is 15.9 Å². The molecule has 0 spiro atoms. The van der Waals surface area contributed by atoms with Crippen LogP contribution in [0.15, 0.2) is 41.1 Å². The van der Waals surface area contributed by atoms with Gasteiger partial charge in [0, 0.05) is 12.7 Å². The van der Waals surface area contributed by atoms with Gasteiger partial charge in [0.2, 0.25) is 0 Å². The van der Waals surface area contributed by atoms with Gasteiger partial charge in [-0.2, -0.15) is 0 Å². The molecule has 1 aromatic carbocycles. The van der Waals surface area contributed by atoms with E-state index in [0.29, 0.717) is 11.1 Å². The summed E-state index contributed by atoms with van der Waals surface area (Å²) in [5.41, 5.74) is 0.978. The molecule has 2 aromatic rings. The number of benzene rings is 1. The van der Waals surface area contributed by atoms with Gasteiger partial charge in [-0.05, 0) is 39.7 Å². The van der Waals surface area contributed by atoms with E-state index in [0.717, 1.165) is 5.56 Å². The summed E-state index contributed by atoms with van der Waals surface area (Å²) in [6, 6.07) is 7.72. The summed E-state index contributed by atoms with van der Waals surface area (Å²) in [4.78, 5) is 10.8. The number of halogens is 2. The number of carboxylic acids is 1. The lowest BCUT2D eigenvalue weighted by Crippen LogP contribution is -1.99. The lowest BCUT2D eigenvalue weighted by Gasteiger charge is -2.04. The van der Waals surface area contributed by atoms with Gasteiger partial charge in [-0.25, -0.2) is 9.18 Å². The van der Waals surface area contributed by atoms with Crippen molar-refractivity contribution >= 4 is 21.9 Å². The predicted molar refractivity (Wildman–Crippen MR) is 64.6 cm³/mol. The van der Waals surface area contributed by atoms with Crippen molar-refractivity contribution in [3.05, 3.63) is 58.1 Å². The number of carboxylic acid groups (broad SMARTS) is 1. The lowest BCUT2D eigenvalue weighted by atomic mass is 10.2. The SMILES string of the molecule is O=C(O)c1cc(Br)n(Cc2cccc(F)c2)c1. The zero-order valence-corrected chi connectivity index (χ0v) is 10.3. The maximum Gasteiger partial charge on any atom is 0.337 e. The fourth-order valence-electron chi connectivity index (χ4n) is 1.55. The predicted octanol–water partition coefficient (Wildman–Crippen LogP) is 3.14.